The van der Waals surface area contributed by atoms with Gasteiger partial charge in [-0.3, -0.25) is 0 Å². The van der Waals surface area contributed by atoms with E-state index in [1.54, 1.807) is 12.1 Å². The van der Waals surface area contributed by atoms with Gasteiger partial charge in [-0.2, -0.15) is 8.78 Å². The Kier molecular flexibility index (Phi) is 6.80. The highest BCUT2D eigenvalue weighted by atomic mass is 19.3. The van der Waals surface area contributed by atoms with E-state index in [9.17, 15) is 33.7 Å². The highest BCUT2D eigenvalue weighted by Crippen LogP contribution is 2.40. The van der Waals surface area contributed by atoms with Crippen LogP contribution in [0.2, 0.25) is 0 Å². The summed E-state index contributed by atoms with van der Waals surface area (Å²) in [5.74, 6) is -7.46. The molecule has 0 aliphatic carbocycles. The molecule has 2 unspecified atom stereocenters. The topological polar surface area (TPSA) is 140 Å². The van der Waals surface area contributed by atoms with Crippen molar-refractivity contribution in [1.82, 2.24) is 5.32 Å². The lowest BCUT2D eigenvalue weighted by molar-refractivity contribution is -0.362. The summed E-state index contributed by atoms with van der Waals surface area (Å²) in [6.07, 6.45) is -0.580. The van der Waals surface area contributed by atoms with Gasteiger partial charge in [-0.05, 0) is 48.7 Å². The molecule has 1 aliphatic rings. The van der Waals surface area contributed by atoms with Gasteiger partial charge >= 0.3 is 12.4 Å². The van der Waals surface area contributed by atoms with E-state index in [0.717, 1.165) is 0 Å². The van der Waals surface area contributed by atoms with Gasteiger partial charge in [-0.25, -0.2) is 0 Å². The van der Waals surface area contributed by atoms with Crippen molar-refractivity contribution in [2.24, 2.45) is 0 Å². The Balaban J connectivity index is 1.58. The molecule has 2 aromatic rings. The number of alkyl halides is 2. The zero-order valence-corrected chi connectivity index (χ0v) is 16.7. The number of aliphatic hydroxyl groups excluding tert-OH is 1. The Bertz CT molecular complexity index is 986. The molecule has 32 heavy (non-hydrogen) atoms. The van der Waals surface area contributed by atoms with Crippen LogP contribution in [0, 0.1) is 0 Å². The molecule has 172 valence electrons. The highest BCUT2D eigenvalue weighted by Gasteiger charge is 2.45. The van der Waals surface area contributed by atoms with Crippen molar-refractivity contribution in [1.29, 1.82) is 0 Å². The van der Waals surface area contributed by atoms with Crippen LogP contribution in [0.3, 0.4) is 0 Å². The number of carboxylic acids is 2. The molecule has 0 saturated heterocycles. The number of aliphatic carboxylic acids is 2. The van der Waals surface area contributed by atoms with Crippen LogP contribution in [0.1, 0.15) is 24.2 Å². The number of rotatable bonds is 10. The van der Waals surface area contributed by atoms with Crippen LogP contribution < -0.4 is 29.7 Å². The first kappa shape index (κ1) is 23.2. The van der Waals surface area contributed by atoms with E-state index in [2.05, 4.69) is 10.1 Å². The Morgan fingerprint density at radius 3 is 2.47 bits per heavy atom. The number of benzene rings is 2. The van der Waals surface area contributed by atoms with Crippen LogP contribution in [-0.2, 0) is 16.0 Å². The van der Waals surface area contributed by atoms with Crippen molar-refractivity contribution in [3.05, 3.63) is 53.6 Å². The van der Waals surface area contributed by atoms with Gasteiger partial charge in [0.15, 0.2) is 11.5 Å². The van der Waals surface area contributed by atoms with Crippen molar-refractivity contribution >= 4 is 11.9 Å². The number of carboxylic acid groups (broad SMARTS) is 2. The maximum atomic E-state index is 12.3. The van der Waals surface area contributed by atoms with E-state index in [1.807, 2.05) is 6.92 Å². The average Bonchev–Trinajstić information content (AvgIpc) is 3.12. The molecule has 11 heteroatoms. The smallest absolute Gasteiger partial charge is 0.387 e. The lowest BCUT2D eigenvalue weighted by atomic mass is 10.1. The molecule has 2 N–H and O–H groups in total. The molecule has 1 heterocycles. The predicted molar refractivity (Wildman–Crippen MR) is 99.6 cm³/mol. The molecule has 1 aliphatic heterocycles. The first-order valence-electron chi connectivity index (χ1n) is 9.51. The number of hydrogen-bond donors (Lipinski definition) is 2. The van der Waals surface area contributed by atoms with Crippen molar-refractivity contribution in [3.63, 3.8) is 0 Å². The Morgan fingerprint density at radius 2 is 1.81 bits per heavy atom. The minimum atomic E-state index is -3.04. The summed E-state index contributed by atoms with van der Waals surface area (Å²) < 4.78 is 38.9. The van der Waals surface area contributed by atoms with E-state index < -0.39 is 30.4 Å². The number of aliphatic hydroxyl groups is 1. The van der Waals surface area contributed by atoms with Gasteiger partial charge in [0, 0.05) is 12.6 Å². The Labute approximate surface area is 181 Å². The fourth-order valence-electron chi connectivity index (χ4n) is 3.18. The fraction of sp³-hybridized carbons (Fsp3) is 0.333. The summed E-state index contributed by atoms with van der Waals surface area (Å²) in [6.45, 7) is -1.03. The first-order chi connectivity index (χ1) is 15.1. The van der Waals surface area contributed by atoms with E-state index in [4.69, 9.17) is 9.47 Å². The first-order valence-corrected chi connectivity index (χ1v) is 9.51. The molecule has 0 amide bonds. The molecule has 9 nitrogen and oxygen atoms in total. The zero-order chi connectivity index (χ0) is 23.5. The predicted octanol–water partition coefficient (Wildman–Crippen LogP) is -0.490. The maximum absolute atomic E-state index is 12.3. The molecule has 0 aromatic heterocycles. The average molecular weight is 451 g/mol. The van der Waals surface area contributed by atoms with Gasteiger partial charge in [-0.15, -0.1) is 0 Å². The van der Waals surface area contributed by atoms with Crippen LogP contribution in [0.25, 0.3) is 0 Å². The van der Waals surface area contributed by atoms with Crippen LogP contribution in [-0.4, -0.2) is 42.0 Å². The number of halogens is 2. The van der Waals surface area contributed by atoms with Crippen molar-refractivity contribution < 1.29 is 47.9 Å². The molecule has 0 saturated carbocycles. The van der Waals surface area contributed by atoms with E-state index in [-0.39, 0.29) is 29.8 Å². The number of hydrogen-bond acceptors (Lipinski definition) is 9. The molecule has 0 bridgehead atoms. The minimum Gasteiger partial charge on any atom is -0.542 e. The van der Waals surface area contributed by atoms with Crippen molar-refractivity contribution in [3.8, 4) is 17.2 Å². The summed E-state index contributed by atoms with van der Waals surface area (Å²) >= 11 is 0. The number of carbonyl (C=O) groups is 2. The number of nitrogens with one attached hydrogen (secondary N) is 1. The second kappa shape index (κ2) is 9.37. The van der Waals surface area contributed by atoms with Gasteiger partial charge in [0.2, 0.25) is 0 Å². The summed E-state index contributed by atoms with van der Waals surface area (Å²) in [5, 5.41) is 35.8. The minimum absolute atomic E-state index is 0.0610. The van der Waals surface area contributed by atoms with E-state index >= 15 is 0 Å². The SMILES string of the molecule is CC(Cc1ccc2c(c1)OC(C(=O)[O-])(C(=O)[O-])O2)NCC(O)c1cccc(OC(F)F)c1. The molecule has 0 radical (unpaired) electrons. The largest absolute Gasteiger partial charge is 0.542 e. The van der Waals surface area contributed by atoms with Gasteiger partial charge < -0.3 is 44.4 Å². The van der Waals surface area contributed by atoms with E-state index in [0.29, 0.717) is 17.5 Å². The molecule has 2 atom stereocenters. The van der Waals surface area contributed by atoms with Gasteiger partial charge in [0.1, 0.15) is 17.7 Å². The van der Waals surface area contributed by atoms with Crippen molar-refractivity contribution in [2.45, 2.75) is 37.9 Å². The van der Waals surface area contributed by atoms with Crippen LogP contribution >= 0.6 is 0 Å². The number of carbonyl (C=O) groups excluding carboxylic acids is 2. The van der Waals surface area contributed by atoms with Crippen LogP contribution in [0.4, 0.5) is 8.78 Å². The molecular formula is C21H19F2NO8-2. The number of ether oxygens (including phenoxy) is 3. The zero-order valence-electron chi connectivity index (χ0n) is 16.7. The molecule has 2 aromatic carbocycles. The van der Waals surface area contributed by atoms with Gasteiger partial charge in [0.25, 0.3) is 0 Å². The third kappa shape index (κ3) is 5.06. The molecule has 0 fully saturated rings. The Hall–Kier alpha value is -3.44. The third-order valence-corrected chi connectivity index (χ3v) is 4.72. The second-order valence-electron chi connectivity index (χ2n) is 7.16. The summed E-state index contributed by atoms with van der Waals surface area (Å²) in [5.41, 5.74) is 1.06. The quantitative estimate of drug-likeness (QED) is 0.458. The second-order valence-corrected chi connectivity index (χ2v) is 7.16. The van der Waals surface area contributed by atoms with Crippen LogP contribution in [0.5, 0.6) is 17.2 Å². The maximum Gasteiger partial charge on any atom is 0.387 e. The molecule has 3 rings (SSSR count). The standard InChI is InChI=1S/C21H21F2NO8/c1-11(24-10-15(25)13-3-2-4-14(9-13)30-20(22)23)7-12-5-6-16-17(8-12)32-21(31-16,18(26)27)19(28)29/h2-6,8-9,11,15,20,24-25H,7,10H2,1H3,(H,26,27)(H,28,29)/p-2. The normalized spacial score (nSPS) is 15.9. The van der Waals surface area contributed by atoms with E-state index in [1.165, 1.54) is 30.3 Å². The molecular weight excluding hydrogens is 432 g/mol. The number of fused-ring (bicyclic) bond motifs is 1. The highest BCUT2D eigenvalue weighted by molar-refractivity contribution is 5.99. The van der Waals surface area contributed by atoms with Crippen molar-refractivity contribution in [2.75, 3.05) is 6.54 Å². The summed E-state index contributed by atoms with van der Waals surface area (Å²) in [7, 11) is 0. The third-order valence-electron chi connectivity index (χ3n) is 4.72. The lowest BCUT2D eigenvalue weighted by Crippen LogP contribution is -2.64. The Morgan fingerprint density at radius 1 is 1.12 bits per heavy atom. The molecule has 0 spiro atoms. The fourth-order valence-corrected chi connectivity index (χ4v) is 3.18. The summed E-state index contributed by atoms with van der Waals surface area (Å²) in [6, 6.07) is 9.96. The lowest BCUT2D eigenvalue weighted by Gasteiger charge is -2.28. The monoisotopic (exact) mass is 451 g/mol. The van der Waals surface area contributed by atoms with Gasteiger partial charge in [-0.1, -0.05) is 18.2 Å². The summed E-state index contributed by atoms with van der Waals surface area (Å²) in [4.78, 5) is 22.4. The van der Waals surface area contributed by atoms with Crippen LogP contribution in [0.15, 0.2) is 42.5 Å². The van der Waals surface area contributed by atoms with Gasteiger partial charge in [0.05, 0.1) is 6.10 Å².